The van der Waals surface area contributed by atoms with E-state index >= 15 is 0 Å². The van der Waals surface area contributed by atoms with Gasteiger partial charge in [-0.15, -0.1) is 0 Å². The topological polar surface area (TPSA) is 59.4 Å². The molecule has 138 valence electrons. The van der Waals surface area contributed by atoms with Gasteiger partial charge in [0.2, 0.25) is 5.88 Å². The maximum absolute atomic E-state index is 12.7. The van der Waals surface area contributed by atoms with Crippen molar-refractivity contribution in [3.63, 3.8) is 0 Å². The van der Waals surface area contributed by atoms with Crippen LogP contribution in [0.3, 0.4) is 0 Å². The van der Waals surface area contributed by atoms with E-state index in [-0.39, 0.29) is 12.0 Å². The molecule has 0 aromatic carbocycles. The number of anilines is 1. The van der Waals surface area contributed by atoms with Crippen LogP contribution in [0, 0.1) is 0 Å². The van der Waals surface area contributed by atoms with Crippen LogP contribution >= 0.6 is 0 Å². The Morgan fingerprint density at radius 3 is 2.92 bits per heavy atom. The number of likely N-dealkylation sites (tertiary alicyclic amines) is 1. The first kappa shape index (κ1) is 17.1. The number of amides is 1. The summed E-state index contributed by atoms with van der Waals surface area (Å²) in [6.07, 6.45) is 9.22. The van der Waals surface area contributed by atoms with Gasteiger partial charge in [-0.2, -0.15) is 0 Å². The first-order valence-corrected chi connectivity index (χ1v) is 9.49. The summed E-state index contributed by atoms with van der Waals surface area (Å²) >= 11 is 0. The summed E-state index contributed by atoms with van der Waals surface area (Å²) in [7, 11) is 2.13. The first-order chi connectivity index (χ1) is 12.7. The molecular weight excluding hydrogens is 328 g/mol. The van der Waals surface area contributed by atoms with Crippen molar-refractivity contribution in [2.45, 2.75) is 44.8 Å². The number of hydrogen-bond donors (Lipinski definition) is 1. The van der Waals surface area contributed by atoms with Crippen LogP contribution in [0.1, 0.15) is 41.7 Å². The molecule has 4 heterocycles. The molecule has 2 aliphatic rings. The predicted molar refractivity (Wildman–Crippen MR) is 101 cm³/mol. The fourth-order valence-corrected chi connectivity index (χ4v) is 3.80. The minimum atomic E-state index is -0.0582. The van der Waals surface area contributed by atoms with Gasteiger partial charge in [-0.25, -0.2) is 4.98 Å². The molecule has 0 saturated carbocycles. The summed E-state index contributed by atoms with van der Waals surface area (Å²) in [5, 5.41) is 3.00. The van der Waals surface area contributed by atoms with E-state index in [4.69, 9.17) is 4.74 Å². The molecule has 1 N–H and O–H groups in total. The van der Waals surface area contributed by atoms with Gasteiger partial charge >= 0.3 is 0 Å². The number of aromatic nitrogens is 2. The van der Waals surface area contributed by atoms with Crippen molar-refractivity contribution in [3.8, 4) is 5.88 Å². The summed E-state index contributed by atoms with van der Waals surface area (Å²) in [5.74, 6) is 0.522. The summed E-state index contributed by atoms with van der Waals surface area (Å²) < 4.78 is 8.21. The minimum absolute atomic E-state index is 0.0582. The normalized spacial score (nSPS) is 18.3. The minimum Gasteiger partial charge on any atom is -0.474 e. The molecule has 26 heavy (non-hydrogen) atoms. The molecule has 1 amide bonds. The number of aryl methyl sites for hydroxylation is 1. The second-order valence-corrected chi connectivity index (χ2v) is 7.28. The first-order valence-electron chi connectivity index (χ1n) is 9.49. The second kappa shape index (κ2) is 7.50. The van der Waals surface area contributed by atoms with E-state index in [2.05, 4.69) is 26.8 Å². The third kappa shape index (κ3) is 3.75. The Morgan fingerprint density at radius 2 is 2.08 bits per heavy atom. The molecule has 0 atom stereocenters. The molecule has 1 fully saturated rings. The van der Waals surface area contributed by atoms with Crippen LogP contribution in [-0.2, 0) is 13.0 Å². The van der Waals surface area contributed by atoms with Crippen molar-refractivity contribution in [3.05, 3.63) is 41.9 Å². The van der Waals surface area contributed by atoms with E-state index < -0.39 is 0 Å². The summed E-state index contributed by atoms with van der Waals surface area (Å²) in [4.78, 5) is 19.3. The number of nitrogens with zero attached hydrogens (tertiary/aromatic N) is 3. The summed E-state index contributed by atoms with van der Waals surface area (Å²) in [6, 6.07) is 5.55. The van der Waals surface area contributed by atoms with Gasteiger partial charge in [0.25, 0.3) is 5.91 Å². The molecule has 2 aliphatic heterocycles. The third-order valence-corrected chi connectivity index (χ3v) is 5.33. The number of rotatable bonds is 4. The molecular formula is C20H26N4O2. The third-order valence-electron chi connectivity index (χ3n) is 5.33. The highest BCUT2D eigenvalue weighted by atomic mass is 16.5. The highest BCUT2D eigenvalue weighted by Crippen LogP contribution is 2.23. The summed E-state index contributed by atoms with van der Waals surface area (Å²) in [6.45, 7) is 3.09. The monoisotopic (exact) mass is 354 g/mol. The number of hydrogen-bond acceptors (Lipinski definition) is 4. The Kier molecular flexibility index (Phi) is 4.93. The van der Waals surface area contributed by atoms with Crippen molar-refractivity contribution in [1.82, 2.24) is 14.5 Å². The number of pyridine rings is 1. The average Bonchev–Trinajstić information content (AvgIpc) is 3.08. The number of carbonyl (C=O) groups is 1. The zero-order valence-electron chi connectivity index (χ0n) is 15.3. The quantitative estimate of drug-likeness (QED) is 0.917. The molecule has 0 radical (unpaired) electrons. The molecule has 6 nitrogen and oxygen atoms in total. The molecule has 6 heteroatoms. The molecule has 0 spiro atoms. The number of nitrogens with one attached hydrogen (secondary N) is 1. The highest BCUT2D eigenvalue weighted by Gasteiger charge is 2.20. The average molecular weight is 354 g/mol. The number of piperidine rings is 1. The molecule has 0 unspecified atom stereocenters. The number of ether oxygens (including phenoxy) is 1. The molecule has 4 rings (SSSR count). The van der Waals surface area contributed by atoms with Gasteiger partial charge in [-0.05, 0) is 51.3 Å². The molecule has 1 saturated heterocycles. The fraction of sp³-hybridized carbons (Fsp3) is 0.500. The van der Waals surface area contributed by atoms with Crippen LogP contribution in [0.25, 0.3) is 0 Å². The smallest absolute Gasteiger partial charge is 0.257 e. The van der Waals surface area contributed by atoms with Gasteiger partial charge in [-0.3, -0.25) is 4.79 Å². The van der Waals surface area contributed by atoms with Crippen LogP contribution in [0.5, 0.6) is 5.88 Å². The van der Waals surface area contributed by atoms with E-state index in [1.54, 1.807) is 6.20 Å². The van der Waals surface area contributed by atoms with Gasteiger partial charge in [0.1, 0.15) is 6.10 Å². The van der Waals surface area contributed by atoms with Gasteiger partial charge in [0, 0.05) is 49.5 Å². The fourth-order valence-electron chi connectivity index (χ4n) is 3.80. The van der Waals surface area contributed by atoms with Crippen molar-refractivity contribution in [1.29, 1.82) is 0 Å². The largest absolute Gasteiger partial charge is 0.474 e. The zero-order chi connectivity index (χ0) is 17.9. The Hall–Kier alpha value is -2.34. The SMILES string of the molecule is CN1CCC(Oc2cc(NC(=O)c3ccn4c3CCCC4)ccn2)CC1. The second-order valence-electron chi connectivity index (χ2n) is 7.28. The Balaban J connectivity index is 1.42. The van der Waals surface area contributed by atoms with E-state index in [0.29, 0.717) is 5.88 Å². The van der Waals surface area contributed by atoms with E-state index in [1.807, 2.05) is 24.4 Å². The molecule has 2 aromatic heterocycles. The number of fused-ring (bicyclic) bond motifs is 1. The zero-order valence-corrected chi connectivity index (χ0v) is 15.3. The van der Waals surface area contributed by atoms with E-state index in [1.165, 1.54) is 6.42 Å². The van der Waals surface area contributed by atoms with Gasteiger partial charge in [0.15, 0.2) is 0 Å². The van der Waals surface area contributed by atoms with Crippen LogP contribution in [-0.4, -0.2) is 46.6 Å². The van der Waals surface area contributed by atoms with Crippen LogP contribution in [0.4, 0.5) is 5.69 Å². The Bertz CT molecular complexity index is 778. The van der Waals surface area contributed by atoms with E-state index in [9.17, 15) is 4.79 Å². The number of carbonyl (C=O) groups excluding carboxylic acids is 1. The van der Waals surface area contributed by atoms with Crippen molar-refractivity contribution < 1.29 is 9.53 Å². The van der Waals surface area contributed by atoms with Crippen molar-refractivity contribution >= 4 is 11.6 Å². The van der Waals surface area contributed by atoms with Crippen LogP contribution in [0.15, 0.2) is 30.6 Å². The maximum Gasteiger partial charge on any atom is 0.257 e. The van der Waals surface area contributed by atoms with Crippen molar-refractivity contribution in [2.75, 3.05) is 25.5 Å². The lowest BCUT2D eigenvalue weighted by Crippen LogP contribution is -2.35. The molecule has 0 bridgehead atoms. The van der Waals surface area contributed by atoms with Crippen LogP contribution < -0.4 is 10.1 Å². The Labute approximate surface area is 154 Å². The molecule has 0 aliphatic carbocycles. The summed E-state index contributed by atoms with van der Waals surface area (Å²) in [5.41, 5.74) is 2.65. The maximum atomic E-state index is 12.7. The Morgan fingerprint density at radius 1 is 1.23 bits per heavy atom. The molecule has 2 aromatic rings. The highest BCUT2D eigenvalue weighted by molar-refractivity contribution is 6.05. The standard InChI is InChI=1S/C20H26N4O2/c1-23-11-6-16(7-12-23)26-19-14-15(5-9-21-19)22-20(25)17-8-13-24-10-3-2-4-18(17)24/h5,8-9,13-14,16H,2-4,6-7,10-12H2,1H3,(H,21,22,25). The van der Waals surface area contributed by atoms with Gasteiger partial charge in [0.05, 0.1) is 5.56 Å². The lowest BCUT2D eigenvalue weighted by molar-refractivity contribution is 0.102. The lowest BCUT2D eigenvalue weighted by atomic mass is 10.1. The van der Waals surface area contributed by atoms with Gasteiger partial charge < -0.3 is 19.5 Å². The van der Waals surface area contributed by atoms with E-state index in [0.717, 1.165) is 62.3 Å². The lowest BCUT2D eigenvalue weighted by Gasteiger charge is -2.28. The van der Waals surface area contributed by atoms with Gasteiger partial charge in [-0.1, -0.05) is 0 Å². The van der Waals surface area contributed by atoms with Crippen LogP contribution in [0.2, 0.25) is 0 Å². The van der Waals surface area contributed by atoms with Crippen molar-refractivity contribution in [2.24, 2.45) is 0 Å². The predicted octanol–water partition coefficient (Wildman–Crippen LogP) is 2.94.